The third-order valence-corrected chi connectivity index (χ3v) is 1.90. The van der Waals surface area contributed by atoms with Crippen LogP contribution in [0.2, 0.25) is 0 Å². The number of rotatable bonds is 2. The van der Waals surface area contributed by atoms with E-state index in [1.165, 1.54) is 0 Å². The molecule has 2 rings (SSSR count). The largest absolute Gasteiger partial charge is 0.474 e. The summed E-state index contributed by atoms with van der Waals surface area (Å²) < 4.78 is 10.0. The quantitative estimate of drug-likeness (QED) is 0.710. The van der Waals surface area contributed by atoms with E-state index in [9.17, 15) is 4.79 Å². The Hall–Kier alpha value is -1.43. The van der Waals surface area contributed by atoms with Gasteiger partial charge in [0.25, 0.3) is 0 Å². The van der Waals surface area contributed by atoms with Crippen molar-refractivity contribution in [2.45, 2.75) is 12.3 Å². The molecule has 0 radical (unpaired) electrons. The Bertz CT molecular complexity index is 316. The highest BCUT2D eigenvalue weighted by molar-refractivity contribution is 5.81. The summed E-state index contributed by atoms with van der Waals surface area (Å²) in [5, 5.41) is 15.5. The predicted molar refractivity (Wildman–Crippen MR) is 39.4 cm³/mol. The Morgan fingerprint density at radius 3 is 2.92 bits per heavy atom. The molecule has 13 heavy (non-hydrogen) atoms. The number of aromatic nitrogens is 2. The number of carbonyl (C=O) groups is 1. The van der Waals surface area contributed by atoms with Crippen LogP contribution in [0.15, 0.2) is 4.42 Å². The Labute approximate surface area is 73.5 Å². The van der Waals surface area contributed by atoms with Crippen LogP contribution in [0.5, 0.6) is 0 Å². The molecular formula is C7H8N2O4. The molecular weight excluding hydrogens is 176 g/mol. The van der Waals surface area contributed by atoms with Crippen LogP contribution < -0.4 is 0 Å². The van der Waals surface area contributed by atoms with Crippen molar-refractivity contribution < 1.29 is 19.1 Å². The normalized spacial score (nSPS) is 22.0. The Kier molecular flexibility index (Phi) is 1.97. The summed E-state index contributed by atoms with van der Waals surface area (Å²) >= 11 is 0. The van der Waals surface area contributed by atoms with Crippen LogP contribution in [0.1, 0.15) is 28.9 Å². The maximum atomic E-state index is 10.4. The van der Waals surface area contributed by atoms with Gasteiger partial charge in [-0.05, 0) is 6.42 Å². The number of ether oxygens (including phenoxy) is 1. The van der Waals surface area contributed by atoms with E-state index in [1.54, 1.807) is 0 Å². The van der Waals surface area contributed by atoms with Gasteiger partial charge < -0.3 is 14.3 Å². The van der Waals surface area contributed by atoms with Gasteiger partial charge in [0.2, 0.25) is 5.89 Å². The first-order valence-corrected chi connectivity index (χ1v) is 3.92. The smallest absolute Gasteiger partial charge is 0.393 e. The van der Waals surface area contributed by atoms with Gasteiger partial charge in [-0.15, -0.1) is 10.2 Å². The lowest BCUT2D eigenvalue weighted by molar-refractivity contribution is 0.0650. The molecule has 1 N–H and O–H groups in total. The third kappa shape index (κ3) is 1.52. The summed E-state index contributed by atoms with van der Waals surface area (Å²) in [6.45, 7) is 1.19. The van der Waals surface area contributed by atoms with Crippen molar-refractivity contribution in [3.05, 3.63) is 11.8 Å². The highest BCUT2D eigenvalue weighted by Crippen LogP contribution is 2.23. The lowest BCUT2D eigenvalue weighted by Crippen LogP contribution is -1.97. The van der Waals surface area contributed by atoms with E-state index in [4.69, 9.17) is 14.3 Å². The summed E-state index contributed by atoms with van der Waals surface area (Å²) in [5.41, 5.74) is 0. The van der Waals surface area contributed by atoms with Crippen LogP contribution in [-0.4, -0.2) is 34.5 Å². The maximum Gasteiger partial charge on any atom is 0.393 e. The van der Waals surface area contributed by atoms with Gasteiger partial charge in [-0.1, -0.05) is 0 Å². The number of hydrogen-bond acceptors (Lipinski definition) is 5. The second kappa shape index (κ2) is 3.14. The third-order valence-electron chi connectivity index (χ3n) is 1.90. The average Bonchev–Trinajstić information content (AvgIpc) is 2.75. The predicted octanol–water partition coefficient (Wildman–Crippen LogP) is 0.272. The van der Waals surface area contributed by atoms with Crippen molar-refractivity contribution in [1.29, 1.82) is 0 Å². The topological polar surface area (TPSA) is 85.5 Å². The zero-order chi connectivity index (χ0) is 9.26. The zero-order valence-corrected chi connectivity index (χ0v) is 6.77. The van der Waals surface area contributed by atoms with Gasteiger partial charge in [0, 0.05) is 6.61 Å². The van der Waals surface area contributed by atoms with Gasteiger partial charge >= 0.3 is 11.9 Å². The highest BCUT2D eigenvalue weighted by atomic mass is 16.5. The fraction of sp³-hybridized carbons (Fsp3) is 0.571. The summed E-state index contributed by atoms with van der Waals surface area (Å²) in [6.07, 6.45) is 0.807. The fourth-order valence-corrected chi connectivity index (χ4v) is 1.22. The summed E-state index contributed by atoms with van der Waals surface area (Å²) in [6, 6.07) is 0. The van der Waals surface area contributed by atoms with E-state index in [2.05, 4.69) is 10.2 Å². The molecule has 0 spiro atoms. The van der Waals surface area contributed by atoms with Crippen LogP contribution >= 0.6 is 0 Å². The number of carboxylic acid groups (broad SMARTS) is 1. The molecule has 0 aliphatic carbocycles. The summed E-state index contributed by atoms with van der Waals surface area (Å²) in [4.78, 5) is 10.4. The number of carboxylic acids is 1. The van der Waals surface area contributed by atoms with Crippen LogP contribution in [0.3, 0.4) is 0 Å². The minimum absolute atomic E-state index is 0.0561. The lowest BCUT2D eigenvalue weighted by Gasteiger charge is -1.97. The average molecular weight is 184 g/mol. The SMILES string of the molecule is O=C(O)c1nnc(C2CCOC2)o1. The number of nitrogens with zero attached hydrogens (tertiary/aromatic N) is 2. The number of hydrogen-bond donors (Lipinski definition) is 1. The van der Waals surface area contributed by atoms with Gasteiger partial charge in [0.15, 0.2) is 0 Å². The van der Waals surface area contributed by atoms with Crippen molar-refractivity contribution >= 4 is 5.97 Å². The minimum Gasteiger partial charge on any atom is -0.474 e. The van der Waals surface area contributed by atoms with Crippen LogP contribution in [0.4, 0.5) is 0 Å². The summed E-state index contributed by atoms with van der Waals surface area (Å²) in [5.74, 6) is -1.14. The van der Waals surface area contributed by atoms with Crippen LogP contribution in [0, 0.1) is 0 Å². The molecule has 1 aliphatic heterocycles. The molecule has 0 saturated carbocycles. The van der Waals surface area contributed by atoms with Gasteiger partial charge in [0.05, 0.1) is 12.5 Å². The molecule has 1 aromatic rings. The molecule has 1 aliphatic rings. The van der Waals surface area contributed by atoms with Crippen LogP contribution in [0.25, 0.3) is 0 Å². The van der Waals surface area contributed by atoms with Crippen molar-refractivity contribution in [1.82, 2.24) is 10.2 Å². The van der Waals surface area contributed by atoms with Gasteiger partial charge in [-0.3, -0.25) is 0 Å². The molecule has 1 fully saturated rings. The molecule has 0 amide bonds. The van der Waals surface area contributed by atoms with Crippen molar-refractivity contribution in [2.24, 2.45) is 0 Å². The second-order valence-corrected chi connectivity index (χ2v) is 2.81. The molecule has 6 heteroatoms. The maximum absolute atomic E-state index is 10.4. The van der Waals surface area contributed by atoms with Crippen molar-refractivity contribution in [3.63, 3.8) is 0 Å². The van der Waals surface area contributed by atoms with E-state index in [-0.39, 0.29) is 11.8 Å². The molecule has 1 aromatic heterocycles. The molecule has 1 unspecified atom stereocenters. The highest BCUT2D eigenvalue weighted by Gasteiger charge is 2.24. The molecule has 0 aromatic carbocycles. The van der Waals surface area contributed by atoms with E-state index in [0.717, 1.165) is 6.42 Å². The lowest BCUT2D eigenvalue weighted by atomic mass is 10.1. The van der Waals surface area contributed by atoms with Gasteiger partial charge in [0.1, 0.15) is 0 Å². The van der Waals surface area contributed by atoms with Gasteiger partial charge in [-0.25, -0.2) is 4.79 Å². The first-order chi connectivity index (χ1) is 6.27. The molecule has 70 valence electrons. The Morgan fingerprint density at radius 2 is 2.38 bits per heavy atom. The standard InChI is InChI=1S/C7H8N2O4/c10-7(11)6-9-8-5(13-6)4-1-2-12-3-4/h4H,1-3H2,(H,10,11). The zero-order valence-electron chi connectivity index (χ0n) is 6.77. The number of aromatic carboxylic acids is 1. The van der Waals surface area contributed by atoms with E-state index < -0.39 is 5.97 Å². The van der Waals surface area contributed by atoms with E-state index in [1.807, 2.05) is 0 Å². The molecule has 0 bridgehead atoms. The van der Waals surface area contributed by atoms with Crippen molar-refractivity contribution in [2.75, 3.05) is 13.2 Å². The molecule has 6 nitrogen and oxygen atoms in total. The summed E-state index contributed by atoms with van der Waals surface area (Å²) in [7, 11) is 0. The van der Waals surface area contributed by atoms with Gasteiger partial charge in [-0.2, -0.15) is 0 Å². The first-order valence-electron chi connectivity index (χ1n) is 3.92. The minimum atomic E-state index is -1.20. The monoisotopic (exact) mass is 184 g/mol. The van der Waals surface area contributed by atoms with E-state index >= 15 is 0 Å². The Morgan fingerprint density at radius 1 is 1.54 bits per heavy atom. The van der Waals surface area contributed by atoms with E-state index in [0.29, 0.717) is 19.1 Å². The van der Waals surface area contributed by atoms with Crippen molar-refractivity contribution in [3.8, 4) is 0 Å². The molecule has 1 atom stereocenters. The first kappa shape index (κ1) is 8.18. The molecule has 1 saturated heterocycles. The Balaban J connectivity index is 2.16. The molecule has 2 heterocycles. The second-order valence-electron chi connectivity index (χ2n) is 2.81. The fourth-order valence-electron chi connectivity index (χ4n) is 1.22. The van der Waals surface area contributed by atoms with Crippen LogP contribution in [-0.2, 0) is 4.74 Å².